The first-order chi connectivity index (χ1) is 9.20. The van der Waals surface area contributed by atoms with Gasteiger partial charge in [0.05, 0.1) is 6.61 Å². The summed E-state index contributed by atoms with van der Waals surface area (Å²) in [6.45, 7) is 3.86. The average molecular weight is 328 g/mol. The lowest BCUT2D eigenvalue weighted by molar-refractivity contribution is 0.0507. The molecule has 0 radical (unpaired) electrons. The third-order valence-electron chi connectivity index (χ3n) is 3.70. The van der Waals surface area contributed by atoms with Gasteiger partial charge in [0.2, 0.25) is 0 Å². The van der Waals surface area contributed by atoms with Crippen molar-refractivity contribution >= 4 is 15.9 Å². The van der Waals surface area contributed by atoms with Crippen LogP contribution in [0.3, 0.4) is 0 Å². The van der Waals surface area contributed by atoms with E-state index >= 15 is 0 Å². The third kappa shape index (κ3) is 4.28. The Morgan fingerprint density at radius 3 is 2.53 bits per heavy atom. The molecule has 19 heavy (non-hydrogen) atoms. The number of hydrogen-bond acceptors (Lipinski definition) is 3. The van der Waals surface area contributed by atoms with Crippen molar-refractivity contribution in [3.8, 4) is 0 Å². The predicted octanol–water partition coefficient (Wildman–Crippen LogP) is 2.89. The zero-order valence-electron chi connectivity index (χ0n) is 11.3. The van der Waals surface area contributed by atoms with Crippen LogP contribution in [0.2, 0.25) is 0 Å². The van der Waals surface area contributed by atoms with Crippen molar-refractivity contribution in [3.05, 3.63) is 34.3 Å². The Morgan fingerprint density at radius 2 is 1.95 bits per heavy atom. The lowest BCUT2D eigenvalue weighted by atomic mass is 9.86. The van der Waals surface area contributed by atoms with E-state index in [0.29, 0.717) is 12.0 Å². The first-order valence-corrected chi connectivity index (χ1v) is 7.70. The molecule has 1 aliphatic rings. The van der Waals surface area contributed by atoms with Crippen molar-refractivity contribution in [2.75, 3.05) is 19.8 Å². The highest BCUT2D eigenvalue weighted by atomic mass is 79.9. The fraction of sp³-hybridized carbons (Fsp3) is 0.600. The van der Waals surface area contributed by atoms with E-state index in [-0.39, 0.29) is 12.6 Å². The fourth-order valence-corrected chi connectivity index (χ4v) is 2.85. The molecule has 1 heterocycles. The van der Waals surface area contributed by atoms with Gasteiger partial charge in [0, 0.05) is 29.8 Å². The summed E-state index contributed by atoms with van der Waals surface area (Å²) in [6.07, 6.45) is 2.15. The minimum atomic E-state index is 0.108. The van der Waals surface area contributed by atoms with Crippen molar-refractivity contribution < 1.29 is 9.84 Å². The molecular weight excluding hydrogens is 306 g/mol. The predicted molar refractivity (Wildman–Crippen MR) is 80.1 cm³/mol. The number of nitrogens with one attached hydrogen (secondary N) is 1. The van der Waals surface area contributed by atoms with Gasteiger partial charge in [-0.3, -0.25) is 0 Å². The van der Waals surface area contributed by atoms with E-state index in [9.17, 15) is 5.11 Å². The molecule has 2 rings (SSSR count). The summed E-state index contributed by atoms with van der Waals surface area (Å²) in [7, 11) is 0. The molecule has 1 aromatic carbocycles. The van der Waals surface area contributed by atoms with E-state index in [1.165, 1.54) is 5.56 Å². The molecule has 2 atom stereocenters. The Labute approximate surface area is 123 Å². The highest BCUT2D eigenvalue weighted by molar-refractivity contribution is 9.10. The van der Waals surface area contributed by atoms with Gasteiger partial charge in [0.15, 0.2) is 0 Å². The summed E-state index contributed by atoms with van der Waals surface area (Å²) in [5, 5.41) is 12.8. The van der Waals surface area contributed by atoms with Crippen LogP contribution in [0.25, 0.3) is 0 Å². The van der Waals surface area contributed by atoms with Crippen molar-refractivity contribution in [2.24, 2.45) is 5.92 Å². The Hall–Kier alpha value is -0.420. The second-order valence-corrected chi connectivity index (χ2v) is 6.14. The van der Waals surface area contributed by atoms with Crippen molar-refractivity contribution in [3.63, 3.8) is 0 Å². The van der Waals surface area contributed by atoms with Gasteiger partial charge >= 0.3 is 0 Å². The van der Waals surface area contributed by atoms with Crippen molar-refractivity contribution in [1.29, 1.82) is 0 Å². The standard InChI is InChI=1S/C15H22BrNO2/c1-11(10-18)17-15(13-6-8-19-9-7-13)12-2-4-14(16)5-3-12/h2-5,11,13,15,17-18H,6-10H2,1H3/t11-,15?/m0/s1. The van der Waals surface area contributed by atoms with Crippen LogP contribution in [-0.2, 0) is 4.74 Å². The van der Waals surface area contributed by atoms with E-state index in [0.717, 1.165) is 30.5 Å². The molecule has 0 aliphatic carbocycles. The van der Waals surface area contributed by atoms with Crippen LogP contribution < -0.4 is 5.32 Å². The molecule has 0 aromatic heterocycles. The van der Waals surface area contributed by atoms with Crippen LogP contribution in [0.5, 0.6) is 0 Å². The van der Waals surface area contributed by atoms with Crippen LogP contribution in [0.1, 0.15) is 31.4 Å². The fourth-order valence-electron chi connectivity index (χ4n) is 2.58. The summed E-state index contributed by atoms with van der Waals surface area (Å²) in [5.41, 5.74) is 1.29. The van der Waals surface area contributed by atoms with Gasteiger partial charge < -0.3 is 15.2 Å². The summed E-state index contributed by atoms with van der Waals surface area (Å²) in [6, 6.07) is 8.86. The summed E-state index contributed by atoms with van der Waals surface area (Å²) >= 11 is 3.47. The lowest BCUT2D eigenvalue weighted by Gasteiger charge is -2.33. The zero-order chi connectivity index (χ0) is 13.7. The van der Waals surface area contributed by atoms with Crippen molar-refractivity contribution in [1.82, 2.24) is 5.32 Å². The van der Waals surface area contributed by atoms with Gasteiger partial charge in [-0.25, -0.2) is 0 Å². The molecule has 3 nitrogen and oxygen atoms in total. The first-order valence-electron chi connectivity index (χ1n) is 6.91. The van der Waals surface area contributed by atoms with Gasteiger partial charge in [-0.1, -0.05) is 28.1 Å². The minimum absolute atomic E-state index is 0.108. The summed E-state index contributed by atoms with van der Waals surface area (Å²) in [5.74, 6) is 0.573. The van der Waals surface area contributed by atoms with E-state index in [1.807, 2.05) is 6.92 Å². The van der Waals surface area contributed by atoms with E-state index in [1.54, 1.807) is 0 Å². The smallest absolute Gasteiger partial charge is 0.0582 e. The van der Waals surface area contributed by atoms with Gasteiger partial charge in [-0.05, 0) is 43.4 Å². The maximum absolute atomic E-state index is 9.28. The number of aliphatic hydroxyl groups excluding tert-OH is 1. The molecule has 4 heteroatoms. The molecular formula is C15H22BrNO2. The van der Waals surface area contributed by atoms with Crippen LogP contribution >= 0.6 is 15.9 Å². The summed E-state index contributed by atoms with van der Waals surface area (Å²) in [4.78, 5) is 0. The average Bonchev–Trinajstić information content (AvgIpc) is 2.46. The Balaban J connectivity index is 2.14. The molecule has 1 unspecified atom stereocenters. The number of aliphatic hydroxyl groups is 1. The molecule has 1 saturated heterocycles. The zero-order valence-corrected chi connectivity index (χ0v) is 12.9. The number of benzene rings is 1. The number of hydrogen-bond donors (Lipinski definition) is 2. The lowest BCUT2D eigenvalue weighted by Crippen LogP contribution is -2.38. The molecule has 1 aliphatic heterocycles. The van der Waals surface area contributed by atoms with Crippen LogP contribution in [-0.4, -0.2) is 31.0 Å². The number of rotatable bonds is 5. The number of halogens is 1. The molecule has 0 saturated carbocycles. The number of ether oxygens (including phenoxy) is 1. The molecule has 1 fully saturated rings. The normalized spacial score (nSPS) is 20.2. The van der Waals surface area contributed by atoms with Gasteiger partial charge in [0.1, 0.15) is 0 Å². The minimum Gasteiger partial charge on any atom is -0.395 e. The maximum atomic E-state index is 9.28. The topological polar surface area (TPSA) is 41.5 Å². The molecule has 1 aromatic rings. The molecule has 0 bridgehead atoms. The quantitative estimate of drug-likeness (QED) is 0.873. The Bertz CT molecular complexity index is 376. The Kier molecular flexibility index (Phi) is 5.82. The van der Waals surface area contributed by atoms with Crippen LogP contribution in [0, 0.1) is 5.92 Å². The molecule has 106 valence electrons. The summed E-state index contributed by atoms with van der Waals surface area (Å²) < 4.78 is 6.55. The SMILES string of the molecule is C[C@@H](CO)NC(c1ccc(Br)cc1)C1CCOCC1. The van der Waals surface area contributed by atoms with E-state index in [2.05, 4.69) is 45.5 Å². The molecule has 0 spiro atoms. The first kappa shape index (κ1) is 15.0. The second-order valence-electron chi connectivity index (χ2n) is 5.23. The van der Waals surface area contributed by atoms with E-state index < -0.39 is 0 Å². The second kappa shape index (κ2) is 7.39. The highest BCUT2D eigenvalue weighted by Crippen LogP contribution is 2.31. The molecule has 2 N–H and O–H groups in total. The van der Waals surface area contributed by atoms with E-state index in [4.69, 9.17) is 4.74 Å². The van der Waals surface area contributed by atoms with Gasteiger partial charge in [-0.2, -0.15) is 0 Å². The molecule has 0 amide bonds. The van der Waals surface area contributed by atoms with Gasteiger partial charge in [-0.15, -0.1) is 0 Å². The largest absolute Gasteiger partial charge is 0.395 e. The maximum Gasteiger partial charge on any atom is 0.0582 e. The van der Waals surface area contributed by atoms with Crippen LogP contribution in [0.15, 0.2) is 28.7 Å². The van der Waals surface area contributed by atoms with Gasteiger partial charge in [0.25, 0.3) is 0 Å². The van der Waals surface area contributed by atoms with Crippen molar-refractivity contribution in [2.45, 2.75) is 31.8 Å². The monoisotopic (exact) mass is 327 g/mol. The Morgan fingerprint density at radius 1 is 1.32 bits per heavy atom. The highest BCUT2D eigenvalue weighted by Gasteiger charge is 2.26. The van der Waals surface area contributed by atoms with Crippen LogP contribution in [0.4, 0.5) is 0 Å². The third-order valence-corrected chi connectivity index (χ3v) is 4.23.